The van der Waals surface area contributed by atoms with Crippen molar-refractivity contribution in [3.05, 3.63) is 63.7 Å². The number of benzene rings is 2. The molecule has 6 nitrogen and oxygen atoms in total. The average molecular weight is 284 g/mol. The molecule has 2 rings (SSSR count). The number of nitrogens with zero attached hydrogens (tertiary/aromatic N) is 2. The third-order valence-corrected chi connectivity index (χ3v) is 2.86. The van der Waals surface area contributed by atoms with Gasteiger partial charge in [-0.25, -0.2) is 0 Å². The highest BCUT2D eigenvalue weighted by molar-refractivity contribution is 5.53. The van der Waals surface area contributed by atoms with Gasteiger partial charge in [-0.3, -0.25) is 10.1 Å². The molecule has 0 aromatic heterocycles. The summed E-state index contributed by atoms with van der Waals surface area (Å²) in [6.45, 7) is -0.0549. The Kier molecular flexibility index (Phi) is 4.49. The van der Waals surface area contributed by atoms with Gasteiger partial charge in [0.25, 0.3) is 0 Å². The van der Waals surface area contributed by atoms with Crippen molar-refractivity contribution in [1.82, 2.24) is 0 Å². The zero-order valence-electron chi connectivity index (χ0n) is 11.0. The lowest BCUT2D eigenvalue weighted by atomic mass is 10.1. The Morgan fingerprint density at radius 1 is 1.24 bits per heavy atom. The summed E-state index contributed by atoms with van der Waals surface area (Å²) in [4.78, 5) is 10.5. The molecule has 0 bridgehead atoms. The molecular formula is C15H12N2O4. The third kappa shape index (κ3) is 3.35. The first-order valence-corrected chi connectivity index (χ1v) is 6.21. The fraction of sp³-hybridized carbons (Fsp3) is 0.133. The number of ether oxygens (including phenoxy) is 1. The lowest BCUT2D eigenvalue weighted by Crippen LogP contribution is -1.98. The molecule has 0 saturated heterocycles. The average Bonchev–Trinajstić information content (AvgIpc) is 2.49. The maximum atomic E-state index is 11.0. The number of hydrogen-bond acceptors (Lipinski definition) is 5. The molecule has 2 aromatic carbocycles. The van der Waals surface area contributed by atoms with Crippen molar-refractivity contribution in [2.45, 2.75) is 6.42 Å². The number of aliphatic hydroxyl groups is 1. The molecule has 21 heavy (non-hydrogen) atoms. The van der Waals surface area contributed by atoms with Gasteiger partial charge in [-0.1, -0.05) is 18.2 Å². The summed E-state index contributed by atoms with van der Waals surface area (Å²) < 4.78 is 5.59. The minimum Gasteiger partial charge on any atom is -0.450 e. The van der Waals surface area contributed by atoms with Crippen LogP contribution < -0.4 is 4.74 Å². The molecule has 0 unspecified atom stereocenters. The fourth-order valence-electron chi connectivity index (χ4n) is 1.87. The SMILES string of the molecule is N#Cc1ccc([N+](=O)[O-])c(Oc2ccccc2CCO)c1. The van der Waals surface area contributed by atoms with Gasteiger partial charge in [0.1, 0.15) is 5.75 Å². The highest BCUT2D eigenvalue weighted by atomic mass is 16.6. The zero-order valence-corrected chi connectivity index (χ0v) is 11.0. The van der Waals surface area contributed by atoms with Crippen molar-refractivity contribution < 1.29 is 14.8 Å². The van der Waals surface area contributed by atoms with E-state index in [4.69, 9.17) is 15.1 Å². The standard InChI is InChI=1S/C15H12N2O4/c16-10-11-5-6-13(17(19)20)15(9-11)21-14-4-2-1-3-12(14)7-8-18/h1-6,9,18H,7-8H2. The van der Waals surface area contributed by atoms with Crippen molar-refractivity contribution in [3.63, 3.8) is 0 Å². The number of hydrogen-bond donors (Lipinski definition) is 1. The van der Waals surface area contributed by atoms with Crippen LogP contribution in [0.2, 0.25) is 0 Å². The van der Waals surface area contributed by atoms with Crippen LogP contribution >= 0.6 is 0 Å². The minimum atomic E-state index is -0.564. The van der Waals surface area contributed by atoms with Crippen LogP contribution in [0.5, 0.6) is 11.5 Å². The Balaban J connectivity index is 2.43. The van der Waals surface area contributed by atoms with Gasteiger partial charge in [0.2, 0.25) is 5.75 Å². The van der Waals surface area contributed by atoms with Crippen LogP contribution in [0.25, 0.3) is 0 Å². The lowest BCUT2D eigenvalue weighted by Gasteiger charge is -2.10. The normalized spacial score (nSPS) is 9.90. The second-order valence-electron chi connectivity index (χ2n) is 4.23. The van der Waals surface area contributed by atoms with E-state index in [1.165, 1.54) is 18.2 Å². The van der Waals surface area contributed by atoms with Gasteiger partial charge in [-0.15, -0.1) is 0 Å². The molecule has 6 heteroatoms. The summed E-state index contributed by atoms with van der Waals surface area (Å²) in [6, 6.07) is 12.8. The van der Waals surface area contributed by atoms with E-state index in [9.17, 15) is 10.1 Å². The third-order valence-electron chi connectivity index (χ3n) is 2.86. The molecule has 2 aromatic rings. The molecule has 0 fully saturated rings. The molecule has 0 heterocycles. The molecule has 0 amide bonds. The van der Waals surface area contributed by atoms with Crippen molar-refractivity contribution in [2.75, 3.05) is 6.61 Å². The Morgan fingerprint density at radius 3 is 2.67 bits per heavy atom. The smallest absolute Gasteiger partial charge is 0.311 e. The number of nitro benzene ring substituents is 1. The van der Waals surface area contributed by atoms with Gasteiger partial charge < -0.3 is 9.84 Å². The van der Waals surface area contributed by atoms with Crippen LogP contribution in [-0.2, 0) is 6.42 Å². The number of para-hydroxylation sites is 1. The lowest BCUT2D eigenvalue weighted by molar-refractivity contribution is -0.385. The number of rotatable bonds is 5. The predicted octanol–water partition coefficient (Wildman–Crippen LogP) is 2.79. The van der Waals surface area contributed by atoms with Crippen molar-refractivity contribution >= 4 is 5.69 Å². The molecule has 0 aliphatic heterocycles. The van der Waals surface area contributed by atoms with Crippen molar-refractivity contribution in [2.24, 2.45) is 0 Å². The molecule has 0 saturated carbocycles. The number of nitriles is 1. The van der Waals surface area contributed by atoms with E-state index in [2.05, 4.69) is 0 Å². The zero-order chi connectivity index (χ0) is 15.2. The van der Waals surface area contributed by atoms with E-state index in [-0.39, 0.29) is 23.6 Å². The van der Waals surface area contributed by atoms with E-state index in [0.29, 0.717) is 12.2 Å². The van der Waals surface area contributed by atoms with Gasteiger partial charge >= 0.3 is 5.69 Å². The van der Waals surface area contributed by atoms with Crippen LogP contribution in [0, 0.1) is 21.4 Å². The molecule has 0 aliphatic carbocycles. The van der Waals surface area contributed by atoms with Crippen molar-refractivity contribution in [3.8, 4) is 17.6 Å². The molecule has 0 atom stereocenters. The Bertz CT molecular complexity index is 707. The molecule has 106 valence electrons. The maximum absolute atomic E-state index is 11.0. The van der Waals surface area contributed by atoms with Gasteiger partial charge in [-0.05, 0) is 24.1 Å². The monoisotopic (exact) mass is 284 g/mol. The summed E-state index contributed by atoms with van der Waals surface area (Å²) in [7, 11) is 0. The number of nitro groups is 1. The summed E-state index contributed by atoms with van der Waals surface area (Å²) in [5.41, 5.74) is 0.791. The van der Waals surface area contributed by atoms with Crippen LogP contribution in [0.15, 0.2) is 42.5 Å². The summed E-state index contributed by atoms with van der Waals surface area (Å²) >= 11 is 0. The molecule has 0 spiro atoms. The Hall–Kier alpha value is -2.91. The van der Waals surface area contributed by atoms with E-state index in [1.54, 1.807) is 24.3 Å². The highest BCUT2D eigenvalue weighted by Gasteiger charge is 2.17. The highest BCUT2D eigenvalue weighted by Crippen LogP contribution is 2.33. The molecular weight excluding hydrogens is 272 g/mol. The topological polar surface area (TPSA) is 96.4 Å². The Morgan fingerprint density at radius 2 is 2.00 bits per heavy atom. The quantitative estimate of drug-likeness (QED) is 0.672. The first-order chi connectivity index (χ1) is 10.2. The first kappa shape index (κ1) is 14.5. The maximum Gasteiger partial charge on any atom is 0.311 e. The largest absolute Gasteiger partial charge is 0.450 e. The summed E-state index contributed by atoms with van der Waals surface area (Å²) in [5, 5.41) is 28.9. The first-order valence-electron chi connectivity index (χ1n) is 6.21. The second kappa shape index (κ2) is 6.50. The van der Waals surface area contributed by atoms with Crippen LogP contribution in [-0.4, -0.2) is 16.6 Å². The molecule has 1 N–H and O–H groups in total. The predicted molar refractivity (Wildman–Crippen MR) is 75.1 cm³/mol. The van der Waals surface area contributed by atoms with Crippen molar-refractivity contribution in [1.29, 1.82) is 5.26 Å². The van der Waals surface area contributed by atoms with E-state index in [0.717, 1.165) is 5.56 Å². The van der Waals surface area contributed by atoms with E-state index < -0.39 is 4.92 Å². The van der Waals surface area contributed by atoms with Crippen LogP contribution in [0.3, 0.4) is 0 Å². The van der Waals surface area contributed by atoms with Gasteiger partial charge in [0.15, 0.2) is 0 Å². The van der Waals surface area contributed by atoms with E-state index >= 15 is 0 Å². The minimum absolute atomic E-state index is 0.00411. The Labute approximate surface area is 121 Å². The van der Waals surface area contributed by atoms with Crippen LogP contribution in [0.4, 0.5) is 5.69 Å². The molecule has 0 radical (unpaired) electrons. The van der Waals surface area contributed by atoms with Gasteiger partial charge in [-0.2, -0.15) is 5.26 Å². The van der Waals surface area contributed by atoms with E-state index in [1.807, 2.05) is 6.07 Å². The summed E-state index contributed by atoms with van der Waals surface area (Å²) in [6.07, 6.45) is 0.377. The van der Waals surface area contributed by atoms with Gasteiger partial charge in [0, 0.05) is 18.7 Å². The van der Waals surface area contributed by atoms with Crippen LogP contribution in [0.1, 0.15) is 11.1 Å². The molecule has 0 aliphatic rings. The fourth-order valence-corrected chi connectivity index (χ4v) is 1.87. The summed E-state index contributed by atoms with van der Waals surface area (Å²) in [5.74, 6) is 0.425. The number of aliphatic hydroxyl groups excluding tert-OH is 1. The second-order valence-corrected chi connectivity index (χ2v) is 4.23. The van der Waals surface area contributed by atoms with Gasteiger partial charge in [0.05, 0.1) is 16.6 Å².